The summed E-state index contributed by atoms with van der Waals surface area (Å²) in [6.45, 7) is 2.16. The smallest absolute Gasteiger partial charge is 0.253 e. The van der Waals surface area contributed by atoms with Crippen molar-refractivity contribution >= 4 is 11.6 Å². The van der Waals surface area contributed by atoms with Gasteiger partial charge in [-0.05, 0) is 25.1 Å². The minimum absolute atomic E-state index is 0.167. The Kier molecular flexibility index (Phi) is 3.71. The molecule has 4 nitrogen and oxygen atoms in total. The molecule has 0 fully saturated rings. The number of carbonyl (C=O) groups excluding carboxylic acids is 1. The van der Waals surface area contributed by atoms with Crippen LogP contribution in [-0.4, -0.2) is 11.0 Å². The van der Waals surface area contributed by atoms with Gasteiger partial charge in [-0.25, -0.2) is 0 Å². The van der Waals surface area contributed by atoms with Crippen LogP contribution in [0.3, 0.4) is 0 Å². The van der Waals surface area contributed by atoms with Gasteiger partial charge in [0, 0.05) is 17.8 Å². The summed E-state index contributed by atoms with van der Waals surface area (Å²) in [5, 5.41) is 12.4. The number of aryl methyl sites for hydroxylation is 1. The average Bonchev–Trinajstić information content (AvgIpc) is 2.40. The molecule has 0 aromatic heterocycles. The maximum atomic E-state index is 12.0. The van der Waals surface area contributed by atoms with Crippen LogP contribution in [0.4, 0.5) is 5.69 Å². The van der Waals surface area contributed by atoms with Crippen molar-refractivity contribution in [2.75, 3.05) is 5.73 Å². The van der Waals surface area contributed by atoms with Gasteiger partial charge in [0.25, 0.3) is 5.91 Å². The first-order chi connectivity index (χ1) is 9.08. The average molecular weight is 256 g/mol. The molecule has 98 valence electrons. The van der Waals surface area contributed by atoms with E-state index in [0.29, 0.717) is 16.8 Å². The zero-order chi connectivity index (χ0) is 13.8. The van der Waals surface area contributed by atoms with Gasteiger partial charge in [0.05, 0.1) is 5.56 Å². The number of aromatic hydroxyl groups is 1. The quantitative estimate of drug-likeness (QED) is 0.737. The van der Waals surface area contributed by atoms with E-state index in [0.717, 1.165) is 5.56 Å². The van der Waals surface area contributed by atoms with Crippen LogP contribution < -0.4 is 11.1 Å². The Morgan fingerprint density at radius 2 is 2.00 bits per heavy atom. The largest absolute Gasteiger partial charge is 0.508 e. The van der Waals surface area contributed by atoms with Crippen LogP contribution in [-0.2, 0) is 6.54 Å². The molecule has 0 heterocycles. The van der Waals surface area contributed by atoms with Crippen molar-refractivity contribution in [2.24, 2.45) is 0 Å². The van der Waals surface area contributed by atoms with Gasteiger partial charge in [-0.3, -0.25) is 4.79 Å². The summed E-state index contributed by atoms with van der Waals surface area (Å²) in [7, 11) is 0. The van der Waals surface area contributed by atoms with Gasteiger partial charge in [-0.15, -0.1) is 0 Å². The van der Waals surface area contributed by atoms with Crippen molar-refractivity contribution < 1.29 is 9.90 Å². The standard InChI is InChI=1S/C15H16N2O2/c1-10-6-7-13(16)12(8-10)15(19)17-9-11-4-2-3-5-14(11)18/h2-8,18H,9,16H2,1H3,(H,17,19). The van der Waals surface area contributed by atoms with E-state index in [9.17, 15) is 9.90 Å². The number of nitrogens with two attached hydrogens (primary N) is 1. The lowest BCUT2D eigenvalue weighted by Gasteiger charge is -2.09. The number of nitrogen functional groups attached to an aromatic ring is 1. The number of hydrogen-bond donors (Lipinski definition) is 3. The molecule has 4 heteroatoms. The summed E-state index contributed by atoms with van der Waals surface area (Å²) in [6.07, 6.45) is 0. The molecule has 0 atom stereocenters. The third-order valence-corrected chi connectivity index (χ3v) is 2.88. The zero-order valence-corrected chi connectivity index (χ0v) is 10.7. The fourth-order valence-electron chi connectivity index (χ4n) is 1.80. The molecule has 0 aliphatic heterocycles. The molecule has 0 saturated carbocycles. The Bertz CT molecular complexity index is 609. The first kappa shape index (κ1) is 13.0. The van der Waals surface area contributed by atoms with Crippen molar-refractivity contribution in [1.82, 2.24) is 5.32 Å². The van der Waals surface area contributed by atoms with E-state index in [2.05, 4.69) is 5.32 Å². The predicted molar refractivity (Wildman–Crippen MR) is 74.9 cm³/mol. The van der Waals surface area contributed by atoms with E-state index >= 15 is 0 Å². The highest BCUT2D eigenvalue weighted by Gasteiger charge is 2.10. The topological polar surface area (TPSA) is 75.4 Å². The molecule has 0 radical (unpaired) electrons. The summed E-state index contributed by atoms with van der Waals surface area (Å²) in [6, 6.07) is 12.2. The normalized spacial score (nSPS) is 10.2. The summed E-state index contributed by atoms with van der Waals surface area (Å²) in [5.74, 6) is -0.0792. The lowest BCUT2D eigenvalue weighted by atomic mass is 10.1. The van der Waals surface area contributed by atoms with E-state index in [-0.39, 0.29) is 18.2 Å². The molecule has 0 aliphatic carbocycles. The maximum absolute atomic E-state index is 12.0. The molecule has 1 amide bonds. The van der Waals surface area contributed by atoms with Crippen molar-refractivity contribution in [3.63, 3.8) is 0 Å². The number of para-hydroxylation sites is 1. The summed E-state index contributed by atoms with van der Waals surface area (Å²) < 4.78 is 0. The fourth-order valence-corrected chi connectivity index (χ4v) is 1.80. The van der Waals surface area contributed by atoms with Crippen LogP contribution in [0, 0.1) is 6.92 Å². The molecule has 2 aromatic carbocycles. The number of rotatable bonds is 3. The van der Waals surface area contributed by atoms with E-state index in [1.54, 1.807) is 30.3 Å². The Hall–Kier alpha value is -2.49. The molecule has 2 aromatic rings. The second-order valence-electron chi connectivity index (χ2n) is 4.40. The fraction of sp³-hybridized carbons (Fsp3) is 0.133. The van der Waals surface area contributed by atoms with E-state index in [1.807, 2.05) is 19.1 Å². The molecule has 0 saturated heterocycles. The zero-order valence-electron chi connectivity index (χ0n) is 10.7. The minimum atomic E-state index is -0.246. The first-order valence-electron chi connectivity index (χ1n) is 5.99. The van der Waals surface area contributed by atoms with Crippen molar-refractivity contribution in [1.29, 1.82) is 0 Å². The van der Waals surface area contributed by atoms with Crippen molar-refractivity contribution in [3.05, 3.63) is 59.2 Å². The van der Waals surface area contributed by atoms with Gasteiger partial charge < -0.3 is 16.2 Å². The molecule has 0 aliphatic rings. The molecule has 4 N–H and O–H groups in total. The number of hydrogen-bond acceptors (Lipinski definition) is 3. The highest BCUT2D eigenvalue weighted by Crippen LogP contribution is 2.16. The third-order valence-electron chi connectivity index (χ3n) is 2.88. The second kappa shape index (κ2) is 5.44. The Morgan fingerprint density at radius 1 is 1.26 bits per heavy atom. The molecule has 0 spiro atoms. The van der Waals surface area contributed by atoms with Crippen molar-refractivity contribution in [3.8, 4) is 5.75 Å². The molecular formula is C15H16N2O2. The summed E-state index contributed by atoms with van der Waals surface area (Å²) in [4.78, 5) is 12.0. The minimum Gasteiger partial charge on any atom is -0.508 e. The second-order valence-corrected chi connectivity index (χ2v) is 4.40. The monoisotopic (exact) mass is 256 g/mol. The highest BCUT2D eigenvalue weighted by atomic mass is 16.3. The predicted octanol–water partition coefficient (Wildman–Crippen LogP) is 2.21. The number of phenols is 1. The van der Waals surface area contributed by atoms with Crippen LogP contribution in [0.5, 0.6) is 5.75 Å². The van der Waals surface area contributed by atoms with Crippen LogP contribution in [0.1, 0.15) is 21.5 Å². The number of nitrogens with one attached hydrogen (secondary N) is 1. The SMILES string of the molecule is Cc1ccc(N)c(C(=O)NCc2ccccc2O)c1. The number of phenolic OH excluding ortho intramolecular Hbond substituents is 1. The highest BCUT2D eigenvalue weighted by molar-refractivity contribution is 5.99. The van der Waals surface area contributed by atoms with Crippen LogP contribution in [0.2, 0.25) is 0 Å². The van der Waals surface area contributed by atoms with Gasteiger partial charge in [0.1, 0.15) is 5.75 Å². The van der Waals surface area contributed by atoms with Gasteiger partial charge in [0.15, 0.2) is 0 Å². The molecule has 0 unspecified atom stereocenters. The lowest BCUT2D eigenvalue weighted by Crippen LogP contribution is -2.23. The van der Waals surface area contributed by atoms with E-state index < -0.39 is 0 Å². The van der Waals surface area contributed by atoms with Crippen LogP contribution in [0.25, 0.3) is 0 Å². The third kappa shape index (κ3) is 3.04. The molecular weight excluding hydrogens is 240 g/mol. The Morgan fingerprint density at radius 3 is 2.74 bits per heavy atom. The van der Waals surface area contributed by atoms with Gasteiger partial charge >= 0.3 is 0 Å². The van der Waals surface area contributed by atoms with Gasteiger partial charge in [0.2, 0.25) is 0 Å². The molecule has 2 rings (SSSR count). The number of benzene rings is 2. The lowest BCUT2D eigenvalue weighted by molar-refractivity contribution is 0.0951. The first-order valence-corrected chi connectivity index (χ1v) is 5.99. The van der Waals surface area contributed by atoms with Crippen LogP contribution >= 0.6 is 0 Å². The molecule has 0 bridgehead atoms. The Balaban J connectivity index is 2.10. The maximum Gasteiger partial charge on any atom is 0.253 e. The van der Waals surface area contributed by atoms with Crippen molar-refractivity contribution in [2.45, 2.75) is 13.5 Å². The number of amides is 1. The summed E-state index contributed by atoms with van der Waals surface area (Å²) >= 11 is 0. The van der Waals surface area contributed by atoms with Crippen LogP contribution in [0.15, 0.2) is 42.5 Å². The number of carbonyl (C=O) groups is 1. The molecule has 19 heavy (non-hydrogen) atoms. The number of anilines is 1. The van der Waals surface area contributed by atoms with E-state index in [1.165, 1.54) is 0 Å². The van der Waals surface area contributed by atoms with Gasteiger partial charge in [-0.1, -0.05) is 29.8 Å². The van der Waals surface area contributed by atoms with E-state index in [4.69, 9.17) is 5.73 Å². The Labute approximate surface area is 111 Å². The van der Waals surface area contributed by atoms with Gasteiger partial charge in [-0.2, -0.15) is 0 Å². The summed E-state index contributed by atoms with van der Waals surface area (Å²) in [5.41, 5.74) is 8.32.